The molecule has 1 atom stereocenters. The Hall–Kier alpha value is -1.92. The SMILES string of the molecule is Cc1ccc(S(=O)(=O)N2CCC[C@H]2C(=O)O)c2ccccc12. The number of hydrogen-bond donors (Lipinski definition) is 1. The van der Waals surface area contributed by atoms with Gasteiger partial charge in [-0.15, -0.1) is 0 Å². The van der Waals surface area contributed by atoms with Crippen molar-refractivity contribution in [3.05, 3.63) is 42.0 Å². The molecule has 1 saturated heterocycles. The molecular formula is C16H17NO4S. The molecule has 0 unspecified atom stereocenters. The van der Waals surface area contributed by atoms with E-state index in [-0.39, 0.29) is 11.4 Å². The summed E-state index contributed by atoms with van der Waals surface area (Å²) in [5, 5.41) is 10.8. The van der Waals surface area contributed by atoms with Gasteiger partial charge in [0.25, 0.3) is 0 Å². The van der Waals surface area contributed by atoms with Gasteiger partial charge in [-0.1, -0.05) is 30.3 Å². The molecule has 0 spiro atoms. The summed E-state index contributed by atoms with van der Waals surface area (Å²) >= 11 is 0. The van der Waals surface area contributed by atoms with Gasteiger partial charge in [-0.3, -0.25) is 4.79 Å². The van der Waals surface area contributed by atoms with Crippen LogP contribution in [0, 0.1) is 6.92 Å². The van der Waals surface area contributed by atoms with Crippen LogP contribution < -0.4 is 0 Å². The molecule has 1 heterocycles. The number of benzene rings is 2. The second-order valence-corrected chi connectivity index (χ2v) is 7.40. The third-order valence-electron chi connectivity index (χ3n) is 4.18. The molecule has 1 aliphatic rings. The van der Waals surface area contributed by atoms with Gasteiger partial charge in [0.05, 0.1) is 4.90 Å². The fourth-order valence-corrected chi connectivity index (χ4v) is 4.90. The maximum atomic E-state index is 12.9. The maximum absolute atomic E-state index is 12.9. The Kier molecular flexibility index (Phi) is 3.66. The molecule has 0 radical (unpaired) electrons. The van der Waals surface area contributed by atoms with Gasteiger partial charge in [-0.25, -0.2) is 8.42 Å². The number of hydrogen-bond acceptors (Lipinski definition) is 3. The number of carbonyl (C=O) groups is 1. The van der Waals surface area contributed by atoms with E-state index in [1.165, 1.54) is 0 Å². The van der Waals surface area contributed by atoms with Crippen molar-refractivity contribution in [1.29, 1.82) is 0 Å². The minimum Gasteiger partial charge on any atom is -0.480 e. The molecule has 1 fully saturated rings. The van der Waals surface area contributed by atoms with Crippen LogP contribution in [0.5, 0.6) is 0 Å². The molecule has 0 aliphatic carbocycles. The number of nitrogens with zero attached hydrogens (tertiary/aromatic N) is 1. The average molecular weight is 319 g/mol. The van der Waals surface area contributed by atoms with Crippen LogP contribution in [0.3, 0.4) is 0 Å². The summed E-state index contributed by atoms with van der Waals surface area (Å²) in [6.07, 6.45) is 0.929. The number of aryl methyl sites for hydroxylation is 1. The number of carboxylic acids is 1. The summed E-state index contributed by atoms with van der Waals surface area (Å²) < 4.78 is 27.0. The van der Waals surface area contributed by atoms with Crippen LogP contribution in [0.1, 0.15) is 18.4 Å². The standard InChI is InChI=1S/C16H17NO4S/c1-11-8-9-15(13-6-3-2-5-12(11)13)22(20,21)17-10-4-7-14(17)16(18)19/h2-3,5-6,8-9,14H,4,7,10H2,1H3,(H,18,19)/t14-/m0/s1. The second kappa shape index (κ2) is 5.37. The molecule has 0 saturated carbocycles. The van der Waals surface area contributed by atoms with E-state index in [2.05, 4.69) is 0 Å². The predicted octanol–water partition coefficient (Wildman–Crippen LogP) is 2.39. The molecule has 0 aromatic heterocycles. The molecule has 2 aromatic rings. The molecule has 1 aliphatic heterocycles. The topological polar surface area (TPSA) is 74.7 Å². The first-order valence-corrected chi connectivity index (χ1v) is 8.60. The first-order valence-electron chi connectivity index (χ1n) is 7.16. The van der Waals surface area contributed by atoms with Crippen LogP contribution in [0.4, 0.5) is 0 Å². The Morgan fingerprint density at radius 3 is 2.55 bits per heavy atom. The molecule has 5 nitrogen and oxygen atoms in total. The summed E-state index contributed by atoms with van der Waals surface area (Å²) in [7, 11) is -3.82. The highest BCUT2D eigenvalue weighted by atomic mass is 32.2. The zero-order chi connectivity index (χ0) is 15.9. The van der Waals surface area contributed by atoms with E-state index in [4.69, 9.17) is 0 Å². The fourth-order valence-electron chi connectivity index (χ4n) is 3.05. The zero-order valence-electron chi connectivity index (χ0n) is 12.2. The normalized spacial score (nSPS) is 19.6. The minimum absolute atomic E-state index is 0.182. The smallest absolute Gasteiger partial charge is 0.322 e. The van der Waals surface area contributed by atoms with E-state index >= 15 is 0 Å². The summed E-state index contributed by atoms with van der Waals surface area (Å²) in [6, 6.07) is 9.67. The van der Waals surface area contributed by atoms with Gasteiger partial charge < -0.3 is 5.11 Å². The van der Waals surface area contributed by atoms with Gasteiger partial charge in [0.2, 0.25) is 10.0 Å². The van der Waals surface area contributed by atoms with Crippen LogP contribution in [-0.2, 0) is 14.8 Å². The van der Waals surface area contributed by atoms with E-state index < -0.39 is 22.0 Å². The van der Waals surface area contributed by atoms with E-state index in [0.29, 0.717) is 18.2 Å². The van der Waals surface area contributed by atoms with Crippen molar-refractivity contribution in [3.8, 4) is 0 Å². The molecule has 116 valence electrons. The van der Waals surface area contributed by atoms with Crippen LogP contribution in [0.25, 0.3) is 10.8 Å². The predicted molar refractivity (Wildman–Crippen MR) is 83.2 cm³/mol. The summed E-state index contributed by atoms with van der Waals surface area (Å²) in [4.78, 5) is 11.5. The first kappa shape index (κ1) is 15.0. The highest BCUT2D eigenvalue weighted by Crippen LogP contribution is 2.31. The summed E-state index contributed by atoms with van der Waals surface area (Å²) in [6.45, 7) is 2.18. The third-order valence-corrected chi connectivity index (χ3v) is 6.14. The monoisotopic (exact) mass is 319 g/mol. The second-order valence-electron chi connectivity index (χ2n) is 5.54. The van der Waals surface area contributed by atoms with E-state index in [1.807, 2.05) is 19.1 Å². The van der Waals surface area contributed by atoms with Gasteiger partial charge in [0.1, 0.15) is 6.04 Å². The fraction of sp³-hybridized carbons (Fsp3) is 0.312. The van der Waals surface area contributed by atoms with Crippen molar-refractivity contribution in [3.63, 3.8) is 0 Å². The lowest BCUT2D eigenvalue weighted by Crippen LogP contribution is -2.40. The molecule has 22 heavy (non-hydrogen) atoms. The van der Waals surface area contributed by atoms with Crippen LogP contribution in [0.2, 0.25) is 0 Å². The van der Waals surface area contributed by atoms with Crippen molar-refractivity contribution < 1.29 is 18.3 Å². The van der Waals surface area contributed by atoms with Crippen LogP contribution in [0.15, 0.2) is 41.3 Å². The van der Waals surface area contributed by atoms with Crippen molar-refractivity contribution in [2.45, 2.75) is 30.7 Å². The Labute approximate surface area is 129 Å². The van der Waals surface area contributed by atoms with Crippen LogP contribution in [-0.4, -0.2) is 36.4 Å². The molecule has 1 N–H and O–H groups in total. The van der Waals surface area contributed by atoms with Gasteiger partial charge in [0.15, 0.2) is 0 Å². The third kappa shape index (κ3) is 2.28. The minimum atomic E-state index is -3.82. The Bertz CT molecular complexity index is 844. The molecule has 3 rings (SSSR count). The number of rotatable bonds is 3. The van der Waals surface area contributed by atoms with E-state index in [9.17, 15) is 18.3 Å². The maximum Gasteiger partial charge on any atom is 0.322 e. The van der Waals surface area contributed by atoms with E-state index in [0.717, 1.165) is 15.3 Å². The number of sulfonamides is 1. The Balaban J connectivity index is 2.18. The van der Waals surface area contributed by atoms with Gasteiger partial charge in [-0.05, 0) is 36.8 Å². The number of fused-ring (bicyclic) bond motifs is 1. The quantitative estimate of drug-likeness (QED) is 0.942. The van der Waals surface area contributed by atoms with Crippen molar-refractivity contribution in [2.75, 3.05) is 6.54 Å². The van der Waals surface area contributed by atoms with Gasteiger partial charge >= 0.3 is 5.97 Å². The molecule has 0 amide bonds. The van der Waals surface area contributed by atoms with Gasteiger partial charge in [-0.2, -0.15) is 4.31 Å². The molecule has 2 aromatic carbocycles. The van der Waals surface area contributed by atoms with Gasteiger partial charge in [0, 0.05) is 11.9 Å². The zero-order valence-corrected chi connectivity index (χ0v) is 13.0. The molecule has 0 bridgehead atoms. The average Bonchev–Trinajstić information content (AvgIpc) is 2.98. The van der Waals surface area contributed by atoms with Crippen molar-refractivity contribution in [1.82, 2.24) is 4.31 Å². The molecule has 6 heteroatoms. The van der Waals surface area contributed by atoms with Crippen LogP contribution >= 0.6 is 0 Å². The Morgan fingerprint density at radius 2 is 1.86 bits per heavy atom. The molecular weight excluding hydrogens is 302 g/mol. The lowest BCUT2D eigenvalue weighted by molar-refractivity contribution is -0.140. The number of aliphatic carboxylic acids is 1. The highest BCUT2D eigenvalue weighted by Gasteiger charge is 2.40. The van der Waals surface area contributed by atoms with Crippen molar-refractivity contribution in [2.24, 2.45) is 0 Å². The largest absolute Gasteiger partial charge is 0.480 e. The first-order chi connectivity index (χ1) is 10.4. The number of carboxylic acid groups (broad SMARTS) is 1. The highest BCUT2D eigenvalue weighted by molar-refractivity contribution is 7.89. The lowest BCUT2D eigenvalue weighted by atomic mass is 10.1. The van der Waals surface area contributed by atoms with Crippen molar-refractivity contribution >= 4 is 26.8 Å². The van der Waals surface area contributed by atoms with E-state index in [1.54, 1.807) is 24.3 Å². The summed E-state index contributed by atoms with van der Waals surface area (Å²) in [5.41, 5.74) is 0.991. The Morgan fingerprint density at radius 1 is 1.18 bits per heavy atom. The summed E-state index contributed by atoms with van der Waals surface area (Å²) in [5.74, 6) is -1.09. The lowest BCUT2D eigenvalue weighted by Gasteiger charge is -2.22.